The maximum Gasteiger partial charge on any atom is 0.253 e. The SMILES string of the molecule is COc1cccc(C(=O)N2CCC3(CC2)[C@H]2CN(S(C)(=O)=O)C[C@H]2C(=O)N3C)c1. The van der Waals surface area contributed by atoms with Gasteiger partial charge in [-0.25, -0.2) is 12.7 Å². The molecule has 0 unspecified atom stereocenters. The van der Waals surface area contributed by atoms with Crippen LogP contribution in [0.5, 0.6) is 5.75 Å². The van der Waals surface area contributed by atoms with Crippen molar-refractivity contribution in [1.29, 1.82) is 0 Å². The lowest BCUT2D eigenvalue weighted by Crippen LogP contribution is -2.56. The summed E-state index contributed by atoms with van der Waals surface area (Å²) >= 11 is 0. The van der Waals surface area contributed by atoms with Crippen LogP contribution in [0.15, 0.2) is 24.3 Å². The molecule has 9 heteroatoms. The second kappa shape index (κ2) is 6.98. The number of sulfonamides is 1. The average Bonchev–Trinajstić information content (AvgIpc) is 3.24. The number of fused-ring (bicyclic) bond motifs is 2. The van der Waals surface area contributed by atoms with E-state index in [4.69, 9.17) is 4.74 Å². The van der Waals surface area contributed by atoms with E-state index < -0.39 is 10.0 Å². The number of ether oxygens (including phenoxy) is 1. The van der Waals surface area contributed by atoms with Crippen LogP contribution in [0.25, 0.3) is 0 Å². The number of hydrogen-bond acceptors (Lipinski definition) is 5. The molecule has 0 radical (unpaired) electrons. The first-order valence-electron chi connectivity index (χ1n) is 9.83. The van der Waals surface area contributed by atoms with Crippen molar-refractivity contribution in [2.45, 2.75) is 18.4 Å². The van der Waals surface area contributed by atoms with Crippen molar-refractivity contribution in [3.63, 3.8) is 0 Å². The van der Waals surface area contributed by atoms with Gasteiger partial charge >= 0.3 is 0 Å². The van der Waals surface area contributed by atoms with Crippen LogP contribution in [0.3, 0.4) is 0 Å². The molecule has 3 fully saturated rings. The van der Waals surface area contributed by atoms with Gasteiger partial charge in [-0.3, -0.25) is 9.59 Å². The monoisotopic (exact) mass is 421 g/mol. The van der Waals surface area contributed by atoms with Crippen LogP contribution in [-0.4, -0.2) is 86.5 Å². The van der Waals surface area contributed by atoms with E-state index in [0.717, 1.165) is 0 Å². The Hall–Kier alpha value is -2.13. The molecule has 158 valence electrons. The number of carbonyl (C=O) groups is 2. The number of hydrogen-bond donors (Lipinski definition) is 0. The molecule has 1 aromatic carbocycles. The van der Waals surface area contributed by atoms with Gasteiger partial charge < -0.3 is 14.5 Å². The Bertz CT molecular complexity index is 939. The summed E-state index contributed by atoms with van der Waals surface area (Å²) in [5, 5.41) is 0. The minimum atomic E-state index is -3.32. The van der Waals surface area contributed by atoms with E-state index in [2.05, 4.69) is 0 Å². The topological polar surface area (TPSA) is 87.2 Å². The second-order valence-corrected chi connectivity index (χ2v) is 10.3. The van der Waals surface area contributed by atoms with E-state index in [1.165, 1.54) is 10.6 Å². The zero-order chi connectivity index (χ0) is 21.0. The minimum Gasteiger partial charge on any atom is -0.497 e. The van der Waals surface area contributed by atoms with Gasteiger partial charge in [0, 0.05) is 44.7 Å². The lowest BCUT2D eigenvalue weighted by molar-refractivity contribution is -0.133. The first-order valence-corrected chi connectivity index (χ1v) is 11.7. The molecular weight excluding hydrogens is 394 g/mol. The number of carbonyl (C=O) groups excluding carboxylic acids is 2. The molecular formula is C20H27N3O5S. The van der Waals surface area contributed by atoms with Crippen LogP contribution in [-0.2, 0) is 14.8 Å². The van der Waals surface area contributed by atoms with Gasteiger partial charge in [0.1, 0.15) is 5.75 Å². The zero-order valence-electron chi connectivity index (χ0n) is 17.0. The molecule has 0 N–H and O–H groups in total. The molecule has 1 aromatic rings. The van der Waals surface area contributed by atoms with Gasteiger partial charge in [0.05, 0.1) is 24.8 Å². The molecule has 1 spiro atoms. The normalized spacial score (nSPS) is 26.8. The highest BCUT2D eigenvalue weighted by Crippen LogP contribution is 2.49. The Morgan fingerprint density at radius 1 is 1.21 bits per heavy atom. The fraction of sp³-hybridized carbons (Fsp3) is 0.600. The molecule has 2 amide bonds. The standard InChI is InChI=1S/C20H27N3O5S/c1-21-19(25)16-12-23(29(3,26)27)13-17(16)20(21)7-9-22(10-8-20)18(24)14-5-4-6-15(11-14)28-2/h4-6,11,16-17H,7-10,12-13H2,1-3H3/t16-,17+/m1/s1. The van der Waals surface area contributed by atoms with Crippen LogP contribution in [0.4, 0.5) is 0 Å². The minimum absolute atomic E-state index is 0.0220. The van der Waals surface area contributed by atoms with E-state index in [1.54, 1.807) is 31.4 Å². The highest BCUT2D eigenvalue weighted by atomic mass is 32.2. The maximum absolute atomic E-state index is 12.9. The highest BCUT2D eigenvalue weighted by molar-refractivity contribution is 7.88. The first kappa shape index (κ1) is 20.2. The molecule has 29 heavy (non-hydrogen) atoms. The van der Waals surface area contributed by atoms with Crippen LogP contribution in [0, 0.1) is 11.8 Å². The Balaban J connectivity index is 1.51. The summed E-state index contributed by atoms with van der Waals surface area (Å²) in [5.74, 6) is 0.305. The number of rotatable bonds is 3. The Labute approximate surface area is 171 Å². The molecule has 3 aliphatic heterocycles. The van der Waals surface area contributed by atoms with Gasteiger partial charge in [-0.15, -0.1) is 0 Å². The highest BCUT2D eigenvalue weighted by Gasteiger charge is 2.61. The van der Waals surface area contributed by atoms with Crippen LogP contribution in [0.2, 0.25) is 0 Å². The first-order chi connectivity index (χ1) is 13.7. The molecule has 0 saturated carbocycles. The van der Waals surface area contributed by atoms with E-state index >= 15 is 0 Å². The summed E-state index contributed by atoms with van der Waals surface area (Å²) < 4.78 is 30.7. The van der Waals surface area contributed by atoms with Gasteiger partial charge in [0.25, 0.3) is 5.91 Å². The van der Waals surface area contributed by atoms with Crippen molar-refractivity contribution in [3.05, 3.63) is 29.8 Å². The zero-order valence-corrected chi connectivity index (χ0v) is 17.8. The molecule has 3 aliphatic rings. The third-order valence-corrected chi connectivity index (χ3v) is 8.23. The van der Waals surface area contributed by atoms with Gasteiger partial charge in [-0.2, -0.15) is 0 Å². The lowest BCUT2D eigenvalue weighted by atomic mass is 9.75. The van der Waals surface area contributed by atoms with Crippen molar-refractivity contribution < 1.29 is 22.7 Å². The van der Waals surface area contributed by atoms with E-state index in [-0.39, 0.29) is 35.7 Å². The van der Waals surface area contributed by atoms with Crippen molar-refractivity contribution >= 4 is 21.8 Å². The van der Waals surface area contributed by atoms with Gasteiger partial charge in [-0.05, 0) is 31.0 Å². The fourth-order valence-corrected chi connectivity index (χ4v) is 6.15. The smallest absolute Gasteiger partial charge is 0.253 e. The maximum atomic E-state index is 12.9. The summed E-state index contributed by atoms with van der Waals surface area (Å²) in [7, 11) is 0.0713. The van der Waals surface area contributed by atoms with Crippen molar-refractivity contribution in [1.82, 2.24) is 14.1 Å². The quantitative estimate of drug-likeness (QED) is 0.715. The molecule has 4 rings (SSSR count). The summed E-state index contributed by atoms with van der Waals surface area (Å²) in [6, 6.07) is 7.10. The number of methoxy groups -OCH3 is 1. The molecule has 0 aliphatic carbocycles. The van der Waals surface area contributed by atoms with Gasteiger partial charge in [0.15, 0.2) is 0 Å². The molecule has 0 bridgehead atoms. The van der Waals surface area contributed by atoms with Gasteiger partial charge in [-0.1, -0.05) is 6.07 Å². The predicted molar refractivity (Wildman–Crippen MR) is 107 cm³/mol. The summed E-state index contributed by atoms with van der Waals surface area (Å²) in [6.45, 7) is 1.72. The Morgan fingerprint density at radius 3 is 2.52 bits per heavy atom. The predicted octanol–water partition coefficient (Wildman–Crippen LogP) is 0.650. The molecule has 3 saturated heterocycles. The summed E-state index contributed by atoms with van der Waals surface area (Å²) in [6.07, 6.45) is 2.51. The van der Waals surface area contributed by atoms with Gasteiger partial charge in [0.2, 0.25) is 15.9 Å². The molecule has 2 atom stereocenters. The van der Waals surface area contributed by atoms with Crippen LogP contribution < -0.4 is 4.74 Å². The van der Waals surface area contributed by atoms with E-state index in [9.17, 15) is 18.0 Å². The van der Waals surface area contributed by atoms with E-state index in [1.807, 2.05) is 16.8 Å². The lowest BCUT2D eigenvalue weighted by Gasteiger charge is -2.46. The van der Waals surface area contributed by atoms with Crippen LogP contribution >= 0.6 is 0 Å². The Morgan fingerprint density at radius 2 is 1.90 bits per heavy atom. The summed E-state index contributed by atoms with van der Waals surface area (Å²) in [5.41, 5.74) is 0.199. The van der Waals surface area contributed by atoms with Crippen LogP contribution in [0.1, 0.15) is 23.2 Å². The number of amides is 2. The van der Waals surface area contributed by atoms with Crippen molar-refractivity contribution in [2.75, 3.05) is 46.6 Å². The number of benzene rings is 1. The third kappa shape index (κ3) is 3.20. The largest absolute Gasteiger partial charge is 0.497 e. The second-order valence-electron chi connectivity index (χ2n) is 8.32. The number of likely N-dealkylation sites (tertiary alicyclic amines) is 2. The van der Waals surface area contributed by atoms with Crippen molar-refractivity contribution in [3.8, 4) is 5.75 Å². The summed E-state index contributed by atoms with van der Waals surface area (Å²) in [4.78, 5) is 29.4. The molecule has 8 nitrogen and oxygen atoms in total. The van der Waals surface area contributed by atoms with E-state index in [0.29, 0.717) is 43.8 Å². The molecule has 0 aromatic heterocycles. The average molecular weight is 422 g/mol. The third-order valence-electron chi connectivity index (χ3n) is 6.99. The molecule has 3 heterocycles. The Kier molecular flexibility index (Phi) is 4.85. The number of piperidine rings is 1. The van der Waals surface area contributed by atoms with Crippen molar-refractivity contribution in [2.24, 2.45) is 11.8 Å². The fourth-order valence-electron chi connectivity index (χ4n) is 5.29. The number of nitrogens with zero attached hydrogens (tertiary/aromatic N) is 3.